The summed E-state index contributed by atoms with van der Waals surface area (Å²) in [6, 6.07) is 7.07. The lowest BCUT2D eigenvalue weighted by Crippen LogP contribution is -2.31. The van der Waals surface area contributed by atoms with Crippen LogP contribution in [0.5, 0.6) is 5.75 Å². The van der Waals surface area contributed by atoms with Crippen LogP contribution < -0.4 is 4.74 Å². The fourth-order valence-electron chi connectivity index (χ4n) is 2.00. The summed E-state index contributed by atoms with van der Waals surface area (Å²) in [5.41, 5.74) is 0.749. The Balaban J connectivity index is 2.35. The van der Waals surface area contributed by atoms with Gasteiger partial charge in [0.05, 0.1) is 5.92 Å². The molecule has 1 heterocycles. The number of carbonyl (C=O) groups is 1. The standard InChI is InChI=1S/C11H11NO4/c1-7(13)11-9(6-12(14)15)8-4-2-3-5-10(8)16-11/h2-5,9,11H,6H2,1H3/t9-,11+/m1/s1. The molecule has 1 aliphatic heterocycles. The summed E-state index contributed by atoms with van der Waals surface area (Å²) in [5, 5.41) is 10.6. The average Bonchev–Trinajstić information content (AvgIpc) is 2.57. The Morgan fingerprint density at radius 3 is 2.81 bits per heavy atom. The summed E-state index contributed by atoms with van der Waals surface area (Å²) in [4.78, 5) is 21.5. The number of ether oxygens (including phenoxy) is 1. The summed E-state index contributed by atoms with van der Waals surface area (Å²) < 4.78 is 5.43. The first kappa shape index (κ1) is 10.6. The molecule has 5 heteroatoms. The molecule has 1 aromatic rings. The van der Waals surface area contributed by atoms with Crippen LogP contribution in [-0.2, 0) is 4.79 Å². The summed E-state index contributed by atoms with van der Waals surface area (Å²) in [6.45, 7) is 1.12. The third-order valence-electron chi connectivity index (χ3n) is 2.68. The molecule has 0 spiro atoms. The number of hydrogen-bond donors (Lipinski definition) is 0. The normalized spacial score (nSPS) is 22.3. The van der Waals surface area contributed by atoms with E-state index in [2.05, 4.69) is 0 Å². The molecule has 0 N–H and O–H groups in total. The molecule has 5 nitrogen and oxygen atoms in total. The molecule has 1 aliphatic rings. The van der Waals surface area contributed by atoms with Gasteiger partial charge in [0, 0.05) is 10.5 Å². The zero-order valence-electron chi connectivity index (χ0n) is 8.75. The number of benzene rings is 1. The number of para-hydroxylation sites is 1. The van der Waals surface area contributed by atoms with Gasteiger partial charge in [0.2, 0.25) is 6.54 Å². The largest absolute Gasteiger partial charge is 0.481 e. The van der Waals surface area contributed by atoms with Gasteiger partial charge in [0.1, 0.15) is 5.75 Å². The molecule has 0 bridgehead atoms. The topological polar surface area (TPSA) is 69.4 Å². The third kappa shape index (κ3) is 1.76. The molecule has 0 fully saturated rings. The van der Waals surface area contributed by atoms with Crippen molar-refractivity contribution < 1.29 is 14.5 Å². The highest BCUT2D eigenvalue weighted by Crippen LogP contribution is 2.38. The minimum Gasteiger partial charge on any atom is -0.481 e. The van der Waals surface area contributed by atoms with E-state index in [0.717, 1.165) is 5.56 Å². The Labute approximate surface area is 92.2 Å². The lowest BCUT2D eigenvalue weighted by molar-refractivity contribution is -0.484. The van der Waals surface area contributed by atoms with Crippen LogP contribution in [0.15, 0.2) is 24.3 Å². The number of hydrogen-bond acceptors (Lipinski definition) is 4. The molecule has 2 rings (SSSR count). The van der Waals surface area contributed by atoms with Crippen molar-refractivity contribution >= 4 is 5.78 Å². The maximum Gasteiger partial charge on any atom is 0.214 e. The molecule has 0 aliphatic carbocycles. The van der Waals surface area contributed by atoms with Gasteiger partial charge in [0.25, 0.3) is 0 Å². The fraction of sp³-hybridized carbons (Fsp3) is 0.364. The van der Waals surface area contributed by atoms with Crippen LogP contribution in [-0.4, -0.2) is 23.4 Å². The second-order valence-electron chi connectivity index (χ2n) is 3.81. The first-order valence-corrected chi connectivity index (χ1v) is 4.97. The van der Waals surface area contributed by atoms with Gasteiger partial charge in [-0.3, -0.25) is 14.9 Å². The summed E-state index contributed by atoms with van der Waals surface area (Å²) >= 11 is 0. The first-order chi connectivity index (χ1) is 7.59. The third-order valence-corrected chi connectivity index (χ3v) is 2.68. The van der Waals surface area contributed by atoms with Crippen molar-refractivity contribution in [3.63, 3.8) is 0 Å². The van der Waals surface area contributed by atoms with E-state index in [1.165, 1.54) is 6.92 Å². The molecule has 0 amide bonds. The van der Waals surface area contributed by atoms with Crippen LogP contribution in [0.3, 0.4) is 0 Å². The van der Waals surface area contributed by atoms with E-state index in [0.29, 0.717) is 5.75 Å². The highest BCUT2D eigenvalue weighted by molar-refractivity contribution is 5.83. The van der Waals surface area contributed by atoms with Crippen molar-refractivity contribution in [2.75, 3.05) is 6.54 Å². The monoisotopic (exact) mass is 221 g/mol. The molecule has 1 aromatic carbocycles. The van der Waals surface area contributed by atoms with Crippen LogP contribution in [0.2, 0.25) is 0 Å². The van der Waals surface area contributed by atoms with Crippen molar-refractivity contribution in [1.29, 1.82) is 0 Å². The van der Waals surface area contributed by atoms with Gasteiger partial charge >= 0.3 is 0 Å². The van der Waals surface area contributed by atoms with E-state index >= 15 is 0 Å². The van der Waals surface area contributed by atoms with Crippen LogP contribution in [0.1, 0.15) is 18.4 Å². The van der Waals surface area contributed by atoms with Crippen molar-refractivity contribution in [3.8, 4) is 5.75 Å². The van der Waals surface area contributed by atoms with E-state index in [-0.39, 0.29) is 12.3 Å². The van der Waals surface area contributed by atoms with Gasteiger partial charge in [-0.05, 0) is 13.0 Å². The lowest BCUT2D eigenvalue weighted by Gasteiger charge is -2.12. The zero-order chi connectivity index (χ0) is 11.7. The molecular weight excluding hydrogens is 210 g/mol. The highest BCUT2D eigenvalue weighted by Gasteiger charge is 2.40. The molecule has 2 atom stereocenters. The van der Waals surface area contributed by atoms with E-state index in [9.17, 15) is 14.9 Å². The molecule has 0 radical (unpaired) electrons. The van der Waals surface area contributed by atoms with Crippen LogP contribution >= 0.6 is 0 Å². The molecule has 0 saturated heterocycles. The van der Waals surface area contributed by atoms with Gasteiger partial charge in [-0.25, -0.2) is 0 Å². The Kier molecular flexibility index (Phi) is 2.60. The number of Topliss-reactive ketones (excluding diaryl/α,β-unsaturated/α-hetero) is 1. The molecule has 0 unspecified atom stereocenters. The SMILES string of the molecule is CC(=O)[C@@H]1Oc2ccccc2[C@H]1C[N+](=O)[O-]. The second kappa shape index (κ2) is 3.92. The zero-order valence-corrected chi connectivity index (χ0v) is 8.75. The van der Waals surface area contributed by atoms with Gasteiger partial charge in [-0.1, -0.05) is 18.2 Å². The van der Waals surface area contributed by atoms with Crippen LogP contribution in [0.25, 0.3) is 0 Å². The Morgan fingerprint density at radius 2 is 2.19 bits per heavy atom. The maximum atomic E-state index is 11.4. The van der Waals surface area contributed by atoms with Crippen molar-refractivity contribution in [1.82, 2.24) is 0 Å². The molecule has 0 aromatic heterocycles. The van der Waals surface area contributed by atoms with Gasteiger partial charge in [0.15, 0.2) is 11.9 Å². The molecule has 84 valence electrons. The van der Waals surface area contributed by atoms with E-state index in [1.54, 1.807) is 24.3 Å². The van der Waals surface area contributed by atoms with E-state index in [1.807, 2.05) is 0 Å². The number of ketones is 1. The van der Waals surface area contributed by atoms with Crippen LogP contribution in [0, 0.1) is 10.1 Å². The predicted octanol–water partition coefficient (Wildman–Crippen LogP) is 1.40. The first-order valence-electron chi connectivity index (χ1n) is 4.97. The van der Waals surface area contributed by atoms with Gasteiger partial charge in [-0.15, -0.1) is 0 Å². The smallest absolute Gasteiger partial charge is 0.214 e. The lowest BCUT2D eigenvalue weighted by atomic mass is 9.94. The van der Waals surface area contributed by atoms with Crippen molar-refractivity contribution in [2.45, 2.75) is 18.9 Å². The van der Waals surface area contributed by atoms with Crippen LogP contribution in [0.4, 0.5) is 0 Å². The molecule has 0 saturated carbocycles. The van der Waals surface area contributed by atoms with Gasteiger partial charge < -0.3 is 4.74 Å². The Morgan fingerprint density at radius 1 is 1.50 bits per heavy atom. The number of nitrogens with zero attached hydrogens (tertiary/aromatic N) is 1. The average molecular weight is 221 g/mol. The minimum atomic E-state index is -0.720. The van der Waals surface area contributed by atoms with Crippen molar-refractivity contribution in [3.05, 3.63) is 39.9 Å². The number of rotatable bonds is 3. The van der Waals surface area contributed by atoms with E-state index in [4.69, 9.17) is 4.74 Å². The van der Waals surface area contributed by atoms with Crippen molar-refractivity contribution in [2.24, 2.45) is 0 Å². The summed E-state index contributed by atoms with van der Waals surface area (Å²) in [6.07, 6.45) is -0.720. The maximum absolute atomic E-state index is 11.4. The van der Waals surface area contributed by atoms with E-state index < -0.39 is 16.9 Å². The Hall–Kier alpha value is -1.91. The number of carbonyl (C=O) groups excluding carboxylic acids is 1. The summed E-state index contributed by atoms with van der Waals surface area (Å²) in [5.74, 6) is -0.0682. The predicted molar refractivity (Wildman–Crippen MR) is 56.1 cm³/mol. The highest BCUT2D eigenvalue weighted by atomic mass is 16.6. The van der Waals surface area contributed by atoms with Gasteiger partial charge in [-0.2, -0.15) is 0 Å². The minimum absolute atomic E-state index is 0.178. The number of fused-ring (bicyclic) bond motifs is 1. The molecule has 16 heavy (non-hydrogen) atoms. The quantitative estimate of drug-likeness (QED) is 0.571. The molecular formula is C11H11NO4. The summed E-state index contributed by atoms with van der Waals surface area (Å²) in [7, 11) is 0. The second-order valence-corrected chi connectivity index (χ2v) is 3.81. The Bertz CT molecular complexity index is 443. The fourth-order valence-corrected chi connectivity index (χ4v) is 2.00. The number of nitro groups is 1.